The van der Waals surface area contributed by atoms with Crippen LogP contribution in [0.3, 0.4) is 0 Å². The first-order chi connectivity index (χ1) is 10.7. The fourth-order valence-electron chi connectivity index (χ4n) is 3.82. The van der Waals surface area contributed by atoms with Crippen LogP contribution in [0.4, 0.5) is 0 Å². The fourth-order valence-corrected chi connectivity index (χ4v) is 3.82. The summed E-state index contributed by atoms with van der Waals surface area (Å²) < 4.78 is 0. The molecule has 0 aromatic carbocycles. The van der Waals surface area contributed by atoms with Gasteiger partial charge in [0, 0.05) is 6.42 Å². The van der Waals surface area contributed by atoms with Crippen LogP contribution in [0.15, 0.2) is 0 Å². The maximum absolute atomic E-state index is 10.5. The van der Waals surface area contributed by atoms with Crippen LogP contribution in [0, 0.1) is 11.8 Å². The van der Waals surface area contributed by atoms with Crippen molar-refractivity contribution in [3.8, 4) is 0 Å². The number of carboxylic acids is 1. The van der Waals surface area contributed by atoms with Crippen molar-refractivity contribution in [1.29, 1.82) is 0 Å². The van der Waals surface area contributed by atoms with Crippen molar-refractivity contribution in [3.05, 3.63) is 0 Å². The quantitative estimate of drug-likeness (QED) is 0.444. The summed E-state index contributed by atoms with van der Waals surface area (Å²) in [6.45, 7) is 4.64. The minimum atomic E-state index is -0.651. The summed E-state index contributed by atoms with van der Waals surface area (Å²) in [6, 6.07) is 0. The predicted molar refractivity (Wildman–Crippen MR) is 93.2 cm³/mol. The predicted octanol–water partition coefficient (Wildman–Crippen LogP) is 5.00. The molecular formula is C19H37NO2. The Bertz CT molecular complexity index is 281. The third-order valence-corrected chi connectivity index (χ3v) is 5.18. The van der Waals surface area contributed by atoms with Gasteiger partial charge in [-0.05, 0) is 44.2 Å². The summed E-state index contributed by atoms with van der Waals surface area (Å²) in [6.07, 6.45) is 15.8. The van der Waals surface area contributed by atoms with Crippen molar-refractivity contribution in [1.82, 2.24) is 5.32 Å². The van der Waals surface area contributed by atoms with Gasteiger partial charge in [0.05, 0.1) is 0 Å². The van der Waals surface area contributed by atoms with Gasteiger partial charge in [0.15, 0.2) is 0 Å². The van der Waals surface area contributed by atoms with Crippen molar-refractivity contribution in [2.75, 3.05) is 13.1 Å². The number of aliphatic carboxylic acids is 1. The molecule has 0 unspecified atom stereocenters. The van der Waals surface area contributed by atoms with Gasteiger partial charge in [0.2, 0.25) is 0 Å². The van der Waals surface area contributed by atoms with Crippen LogP contribution in [0.5, 0.6) is 0 Å². The maximum Gasteiger partial charge on any atom is 0.303 e. The highest BCUT2D eigenvalue weighted by molar-refractivity contribution is 5.66. The monoisotopic (exact) mass is 311 g/mol. The van der Waals surface area contributed by atoms with Crippen molar-refractivity contribution in [2.24, 2.45) is 11.8 Å². The lowest BCUT2D eigenvalue weighted by molar-refractivity contribution is -0.137. The second-order valence-electron chi connectivity index (χ2n) is 7.04. The highest BCUT2D eigenvalue weighted by Gasteiger charge is 2.25. The van der Waals surface area contributed by atoms with Crippen molar-refractivity contribution in [3.63, 3.8) is 0 Å². The number of unbranched alkanes of at least 4 members (excludes halogenated alkanes) is 5. The van der Waals surface area contributed by atoms with E-state index in [2.05, 4.69) is 12.2 Å². The molecule has 0 saturated heterocycles. The van der Waals surface area contributed by atoms with Gasteiger partial charge in [0.25, 0.3) is 0 Å². The number of carboxylic acid groups (broad SMARTS) is 1. The minimum Gasteiger partial charge on any atom is -0.481 e. The van der Waals surface area contributed by atoms with Gasteiger partial charge in [-0.2, -0.15) is 0 Å². The van der Waals surface area contributed by atoms with Gasteiger partial charge in [-0.15, -0.1) is 0 Å². The van der Waals surface area contributed by atoms with Gasteiger partial charge < -0.3 is 10.4 Å². The number of nitrogens with one attached hydrogen (secondary N) is 1. The first-order valence-corrected chi connectivity index (χ1v) is 9.66. The molecule has 2 N–H and O–H groups in total. The Morgan fingerprint density at radius 1 is 0.955 bits per heavy atom. The molecule has 0 spiro atoms. The molecule has 1 fully saturated rings. The smallest absolute Gasteiger partial charge is 0.303 e. The third-order valence-electron chi connectivity index (χ3n) is 5.18. The SMILES string of the molecule is CCCCCNCC[C@@H]1CCC[C@@H]1CCCCCCC(=O)O. The Labute approximate surface area is 137 Å². The summed E-state index contributed by atoms with van der Waals surface area (Å²) in [5, 5.41) is 12.2. The van der Waals surface area contributed by atoms with E-state index in [0.29, 0.717) is 6.42 Å². The highest BCUT2D eigenvalue weighted by atomic mass is 16.4. The van der Waals surface area contributed by atoms with Crippen LogP contribution in [0.1, 0.15) is 90.4 Å². The number of hydrogen-bond donors (Lipinski definition) is 2. The average molecular weight is 312 g/mol. The molecule has 0 aromatic heterocycles. The molecule has 0 aromatic rings. The molecule has 22 heavy (non-hydrogen) atoms. The summed E-state index contributed by atoms with van der Waals surface area (Å²) in [5.41, 5.74) is 0. The zero-order valence-corrected chi connectivity index (χ0v) is 14.6. The maximum atomic E-state index is 10.5. The Morgan fingerprint density at radius 2 is 1.68 bits per heavy atom. The Kier molecular flexibility index (Phi) is 11.4. The van der Waals surface area contributed by atoms with Crippen LogP contribution in [0.25, 0.3) is 0 Å². The zero-order chi connectivity index (χ0) is 16.0. The second kappa shape index (κ2) is 12.9. The molecule has 1 aliphatic rings. The first kappa shape index (κ1) is 19.5. The first-order valence-electron chi connectivity index (χ1n) is 9.66. The number of hydrogen-bond acceptors (Lipinski definition) is 2. The molecule has 0 aliphatic heterocycles. The largest absolute Gasteiger partial charge is 0.481 e. The molecule has 130 valence electrons. The molecule has 0 heterocycles. The van der Waals surface area contributed by atoms with Crippen LogP contribution in [-0.4, -0.2) is 24.2 Å². The average Bonchev–Trinajstić information content (AvgIpc) is 2.93. The van der Waals surface area contributed by atoms with Gasteiger partial charge >= 0.3 is 5.97 Å². The lowest BCUT2D eigenvalue weighted by Gasteiger charge is -2.19. The van der Waals surface area contributed by atoms with Crippen molar-refractivity contribution >= 4 is 5.97 Å². The van der Waals surface area contributed by atoms with E-state index >= 15 is 0 Å². The van der Waals surface area contributed by atoms with E-state index in [4.69, 9.17) is 5.11 Å². The summed E-state index contributed by atoms with van der Waals surface area (Å²) in [5.74, 6) is 1.23. The normalized spacial score (nSPS) is 21.3. The van der Waals surface area contributed by atoms with E-state index < -0.39 is 5.97 Å². The topological polar surface area (TPSA) is 49.3 Å². The number of rotatable bonds is 14. The lowest BCUT2D eigenvalue weighted by atomic mass is 9.88. The summed E-state index contributed by atoms with van der Waals surface area (Å²) >= 11 is 0. The standard InChI is InChI=1S/C19H37NO2/c1-2-3-8-15-20-16-14-18-12-9-11-17(18)10-6-4-5-7-13-19(21)22/h17-18,20H,2-16H2,1H3,(H,21,22)/t17-,18-/m0/s1. The van der Waals surface area contributed by atoms with Gasteiger partial charge in [-0.3, -0.25) is 4.79 Å². The van der Waals surface area contributed by atoms with E-state index in [1.54, 1.807) is 0 Å². The minimum absolute atomic E-state index is 0.343. The summed E-state index contributed by atoms with van der Waals surface area (Å²) in [4.78, 5) is 10.5. The Morgan fingerprint density at radius 3 is 2.41 bits per heavy atom. The van der Waals surface area contributed by atoms with Crippen LogP contribution in [0.2, 0.25) is 0 Å². The van der Waals surface area contributed by atoms with Crippen LogP contribution in [-0.2, 0) is 4.79 Å². The van der Waals surface area contributed by atoms with Crippen molar-refractivity contribution in [2.45, 2.75) is 90.4 Å². The molecular weight excluding hydrogens is 274 g/mol. The van der Waals surface area contributed by atoms with E-state index in [-0.39, 0.29) is 0 Å². The molecule has 1 rings (SSSR count). The van der Waals surface area contributed by atoms with E-state index in [0.717, 1.165) is 24.7 Å². The molecule has 3 heteroatoms. The lowest BCUT2D eigenvalue weighted by Crippen LogP contribution is -2.21. The zero-order valence-electron chi connectivity index (χ0n) is 14.6. The van der Waals surface area contributed by atoms with E-state index in [1.807, 2.05) is 0 Å². The molecule has 0 amide bonds. The molecule has 1 aliphatic carbocycles. The molecule has 3 nitrogen and oxygen atoms in total. The molecule has 1 saturated carbocycles. The number of carbonyl (C=O) groups is 1. The fraction of sp³-hybridized carbons (Fsp3) is 0.947. The van der Waals surface area contributed by atoms with Crippen LogP contribution < -0.4 is 5.32 Å². The Hall–Kier alpha value is -0.570. The molecule has 2 atom stereocenters. The van der Waals surface area contributed by atoms with Crippen molar-refractivity contribution < 1.29 is 9.90 Å². The molecule has 0 radical (unpaired) electrons. The van der Waals surface area contributed by atoms with Gasteiger partial charge in [0.1, 0.15) is 0 Å². The van der Waals surface area contributed by atoms with E-state index in [1.165, 1.54) is 77.3 Å². The second-order valence-corrected chi connectivity index (χ2v) is 7.04. The van der Waals surface area contributed by atoms with Crippen LogP contribution >= 0.6 is 0 Å². The summed E-state index contributed by atoms with van der Waals surface area (Å²) in [7, 11) is 0. The van der Waals surface area contributed by atoms with Gasteiger partial charge in [-0.1, -0.05) is 64.7 Å². The highest BCUT2D eigenvalue weighted by Crippen LogP contribution is 2.37. The third kappa shape index (κ3) is 9.45. The Balaban J connectivity index is 1.99. The van der Waals surface area contributed by atoms with E-state index in [9.17, 15) is 4.79 Å². The van der Waals surface area contributed by atoms with Gasteiger partial charge in [-0.25, -0.2) is 0 Å². The molecule has 0 bridgehead atoms.